The molecule has 1 aromatic heterocycles. The van der Waals surface area contributed by atoms with E-state index in [4.69, 9.17) is 11.8 Å². The first kappa shape index (κ1) is 23.9. The molecule has 0 aliphatic carbocycles. The molecule has 0 unspecified atom stereocenters. The Labute approximate surface area is 279 Å². The lowest BCUT2D eigenvalue weighted by Crippen LogP contribution is -2.37. The van der Waals surface area contributed by atoms with Crippen LogP contribution in [0.2, 0.25) is 19.6 Å². The van der Waals surface area contributed by atoms with Crippen LogP contribution in [0.5, 0.6) is 0 Å². The molecule has 0 saturated heterocycles. The molecule has 4 heteroatoms. The van der Waals surface area contributed by atoms with Gasteiger partial charge >= 0.3 is 0 Å². The summed E-state index contributed by atoms with van der Waals surface area (Å²) < 4.78 is 41.6. The van der Waals surface area contributed by atoms with Crippen molar-refractivity contribution >= 4 is 13.3 Å². The summed E-state index contributed by atoms with van der Waals surface area (Å²) in [6.45, 7) is 7.08. The van der Waals surface area contributed by atoms with Gasteiger partial charge in [0.05, 0.1) is 14.9 Å². The lowest BCUT2D eigenvalue weighted by atomic mass is 9.89. The smallest absolute Gasteiger partial charge is 0.164 e. The van der Waals surface area contributed by atoms with Gasteiger partial charge in [-0.15, -0.1) is 0 Å². The Kier molecular flexibility index (Phi) is 6.49. The Hall–Kier alpha value is -5.45. The minimum Gasteiger partial charge on any atom is -0.208 e. The highest BCUT2D eigenvalue weighted by molar-refractivity contribution is 6.88. The van der Waals surface area contributed by atoms with Crippen molar-refractivity contribution in [1.82, 2.24) is 15.0 Å². The average Bonchev–Trinajstić information content (AvgIpc) is 3.16. The summed E-state index contributed by atoms with van der Waals surface area (Å²) in [4.78, 5) is 14.1. The van der Waals surface area contributed by atoms with E-state index in [2.05, 4.69) is 96.3 Å². The normalized spacial score (nSPS) is 12.9. The first-order valence-electron chi connectivity index (χ1n) is 17.8. The Bertz CT molecular complexity index is 2360. The lowest BCUT2D eigenvalue weighted by molar-refractivity contribution is 1.07. The van der Waals surface area contributed by atoms with Crippen molar-refractivity contribution in [2.45, 2.75) is 19.6 Å². The van der Waals surface area contributed by atoms with Gasteiger partial charge in [-0.2, -0.15) is 0 Å². The van der Waals surface area contributed by atoms with Gasteiger partial charge in [0.1, 0.15) is 0 Å². The van der Waals surface area contributed by atoms with Crippen molar-refractivity contribution in [3.05, 3.63) is 158 Å². The summed E-state index contributed by atoms with van der Waals surface area (Å²) in [5.41, 5.74) is 8.05. The summed E-state index contributed by atoms with van der Waals surface area (Å²) >= 11 is 0. The molecule has 7 rings (SSSR count). The predicted octanol–water partition coefficient (Wildman–Crippen LogP) is 10.4. The van der Waals surface area contributed by atoms with Crippen LogP contribution in [0.3, 0.4) is 0 Å². The molecule has 0 radical (unpaired) electrons. The van der Waals surface area contributed by atoms with E-state index in [0.717, 1.165) is 22.3 Å². The second-order valence-corrected chi connectivity index (χ2v) is 17.2. The SMILES string of the molecule is [2H]c1c([2H])c([2H])c(-c2nc(-c3ccccc3)nc(-c3ccc(-c4ccccc4-c4ccccc4-c4ccc([Si](C)(C)C)cc4)cc3)n2)c([2H])c1[2H]. The standard InChI is InChI=1S/C42H35N3Si/c1-46(2,3)35-28-26-31(27-29-35)37-19-11-13-21-39(37)38-20-12-10-18-36(38)30-22-24-34(25-23-30)42-44-40(32-14-6-4-7-15-32)43-41(45-42)33-16-8-5-9-17-33/h4-29H,1-3H3/i4D,6D,7D,14D,15D. The molecule has 46 heavy (non-hydrogen) atoms. The van der Waals surface area contributed by atoms with Crippen LogP contribution in [0.15, 0.2) is 158 Å². The van der Waals surface area contributed by atoms with Crippen LogP contribution in [0.4, 0.5) is 0 Å². The van der Waals surface area contributed by atoms with Gasteiger partial charge in [-0.25, -0.2) is 15.0 Å². The summed E-state index contributed by atoms with van der Waals surface area (Å²) in [5, 5.41) is 1.43. The quantitative estimate of drug-likeness (QED) is 0.168. The molecule has 0 aliphatic heterocycles. The van der Waals surface area contributed by atoms with Crippen LogP contribution in [-0.2, 0) is 0 Å². The molecular formula is C42H35N3Si. The number of benzene rings is 6. The minimum atomic E-state index is -1.42. The Morgan fingerprint density at radius 3 is 1.28 bits per heavy atom. The van der Waals surface area contributed by atoms with E-state index >= 15 is 0 Å². The van der Waals surface area contributed by atoms with E-state index in [-0.39, 0.29) is 23.5 Å². The summed E-state index contributed by atoms with van der Waals surface area (Å²) in [7, 11) is -1.42. The van der Waals surface area contributed by atoms with Crippen molar-refractivity contribution < 1.29 is 6.85 Å². The number of hydrogen-bond acceptors (Lipinski definition) is 3. The number of nitrogens with zero attached hydrogens (tertiary/aromatic N) is 3. The maximum absolute atomic E-state index is 8.57. The van der Waals surface area contributed by atoms with Crippen LogP contribution in [-0.4, -0.2) is 23.0 Å². The topological polar surface area (TPSA) is 38.7 Å². The molecule has 3 nitrogen and oxygen atoms in total. The Balaban J connectivity index is 1.31. The fourth-order valence-electron chi connectivity index (χ4n) is 5.58. The van der Waals surface area contributed by atoms with Crippen molar-refractivity contribution in [3.8, 4) is 67.5 Å². The fourth-order valence-corrected chi connectivity index (χ4v) is 6.75. The highest BCUT2D eigenvalue weighted by Crippen LogP contribution is 2.38. The number of aromatic nitrogens is 3. The van der Waals surface area contributed by atoms with E-state index in [1.165, 1.54) is 16.3 Å². The highest BCUT2D eigenvalue weighted by atomic mass is 28.3. The van der Waals surface area contributed by atoms with Gasteiger partial charge in [0.25, 0.3) is 0 Å². The monoisotopic (exact) mass is 614 g/mol. The van der Waals surface area contributed by atoms with Gasteiger partial charge in [-0.3, -0.25) is 0 Å². The molecule has 0 saturated carbocycles. The highest BCUT2D eigenvalue weighted by Gasteiger charge is 2.18. The maximum atomic E-state index is 8.57. The Morgan fingerprint density at radius 1 is 0.391 bits per heavy atom. The van der Waals surface area contributed by atoms with Crippen molar-refractivity contribution in [2.75, 3.05) is 0 Å². The molecule has 0 aliphatic rings. The number of hydrogen-bond donors (Lipinski definition) is 0. The van der Waals surface area contributed by atoms with Crippen LogP contribution in [0, 0.1) is 0 Å². The van der Waals surface area contributed by atoms with E-state index in [1.807, 2.05) is 60.7 Å². The minimum absolute atomic E-state index is 0.0137. The van der Waals surface area contributed by atoms with Gasteiger partial charge in [0.2, 0.25) is 0 Å². The van der Waals surface area contributed by atoms with Gasteiger partial charge in [-0.05, 0) is 33.4 Å². The molecule has 222 valence electrons. The van der Waals surface area contributed by atoms with Crippen LogP contribution in [0.1, 0.15) is 6.85 Å². The van der Waals surface area contributed by atoms with Gasteiger partial charge < -0.3 is 0 Å². The van der Waals surface area contributed by atoms with Crippen molar-refractivity contribution in [1.29, 1.82) is 0 Å². The molecule has 0 spiro atoms. The molecule has 0 N–H and O–H groups in total. The summed E-state index contributed by atoms with van der Waals surface area (Å²) in [6, 6.07) is 41.2. The van der Waals surface area contributed by atoms with Crippen molar-refractivity contribution in [2.24, 2.45) is 0 Å². The van der Waals surface area contributed by atoms with Gasteiger partial charge in [0, 0.05) is 16.7 Å². The second kappa shape index (κ2) is 12.5. The van der Waals surface area contributed by atoms with E-state index < -0.39 is 26.2 Å². The maximum Gasteiger partial charge on any atom is 0.164 e. The zero-order chi connectivity index (χ0) is 35.9. The van der Waals surface area contributed by atoms with Gasteiger partial charge in [-0.1, -0.05) is 182 Å². The molecule has 7 aromatic rings. The zero-order valence-electron chi connectivity index (χ0n) is 31.0. The van der Waals surface area contributed by atoms with Crippen LogP contribution < -0.4 is 5.19 Å². The van der Waals surface area contributed by atoms with Crippen LogP contribution in [0.25, 0.3) is 67.5 Å². The molecular weight excluding hydrogens is 575 g/mol. The molecule has 0 fully saturated rings. The number of rotatable bonds is 7. The average molecular weight is 615 g/mol. The van der Waals surface area contributed by atoms with Crippen LogP contribution >= 0.6 is 0 Å². The first-order valence-corrected chi connectivity index (χ1v) is 18.8. The second-order valence-electron chi connectivity index (χ2n) is 12.2. The summed E-state index contributed by atoms with van der Waals surface area (Å²) in [6.07, 6.45) is 0. The fraction of sp³-hybridized carbons (Fsp3) is 0.0714. The molecule has 6 aromatic carbocycles. The lowest BCUT2D eigenvalue weighted by Gasteiger charge is -2.18. The van der Waals surface area contributed by atoms with Gasteiger partial charge in [0.15, 0.2) is 17.5 Å². The third kappa shape index (κ3) is 6.08. The third-order valence-corrected chi connectivity index (χ3v) is 10.1. The summed E-state index contributed by atoms with van der Waals surface area (Å²) in [5.74, 6) is 0.684. The molecule has 0 amide bonds. The van der Waals surface area contributed by atoms with E-state index in [0.29, 0.717) is 22.8 Å². The molecule has 1 heterocycles. The predicted molar refractivity (Wildman–Crippen MR) is 195 cm³/mol. The van der Waals surface area contributed by atoms with Crippen molar-refractivity contribution in [3.63, 3.8) is 0 Å². The largest absolute Gasteiger partial charge is 0.208 e. The van der Waals surface area contributed by atoms with E-state index in [9.17, 15) is 0 Å². The first-order chi connectivity index (χ1) is 24.5. The zero-order valence-corrected chi connectivity index (χ0v) is 27.0. The molecule has 0 atom stereocenters. The molecule has 0 bridgehead atoms. The third-order valence-electron chi connectivity index (χ3n) is 8.05. The Morgan fingerprint density at radius 2 is 0.783 bits per heavy atom. The van der Waals surface area contributed by atoms with E-state index in [1.54, 1.807) is 0 Å².